The first kappa shape index (κ1) is 17.3. The number of nitrogens with zero attached hydrogens (tertiary/aromatic N) is 1. The van der Waals surface area contributed by atoms with Crippen LogP contribution in [0.25, 0.3) is 0 Å². The molecule has 0 radical (unpaired) electrons. The Hall–Kier alpha value is -1.80. The minimum atomic E-state index is -3.80. The summed E-state index contributed by atoms with van der Waals surface area (Å²) in [6.07, 6.45) is -0.508. The fourth-order valence-corrected chi connectivity index (χ4v) is 2.68. The average Bonchev–Trinajstić information content (AvgIpc) is 2.37. The van der Waals surface area contributed by atoms with E-state index < -0.39 is 28.2 Å². The summed E-state index contributed by atoms with van der Waals surface area (Å²) in [5, 5.41) is 8.69. The third-order valence-electron chi connectivity index (χ3n) is 2.46. The van der Waals surface area contributed by atoms with Gasteiger partial charge in [-0.05, 0) is 18.2 Å². The van der Waals surface area contributed by atoms with Gasteiger partial charge in [0.25, 0.3) is 5.91 Å². The first-order chi connectivity index (χ1) is 9.62. The van der Waals surface area contributed by atoms with Gasteiger partial charge in [0.1, 0.15) is 0 Å². The third-order valence-corrected chi connectivity index (χ3v) is 4.08. The zero-order valence-electron chi connectivity index (χ0n) is 11.5. The zero-order chi connectivity index (χ0) is 16.2. The van der Waals surface area contributed by atoms with Crippen LogP contribution in [0.15, 0.2) is 18.2 Å². The molecule has 0 bridgehead atoms. The number of carbonyl (C=O) groups excluding carboxylic acids is 1. The smallest absolute Gasteiger partial charge is 0.304 e. The van der Waals surface area contributed by atoms with Crippen molar-refractivity contribution in [2.45, 2.75) is 6.42 Å². The Balaban J connectivity index is 2.98. The molecule has 0 fully saturated rings. The second kappa shape index (κ2) is 6.77. The summed E-state index contributed by atoms with van der Waals surface area (Å²) in [6, 6.07) is 4.10. The minimum Gasteiger partial charge on any atom is -0.481 e. The molecule has 0 saturated heterocycles. The van der Waals surface area contributed by atoms with Gasteiger partial charge in [-0.3, -0.25) is 14.3 Å². The minimum absolute atomic E-state index is 0.148. The van der Waals surface area contributed by atoms with Crippen LogP contribution in [0.2, 0.25) is 5.02 Å². The van der Waals surface area contributed by atoms with Crippen molar-refractivity contribution in [2.75, 3.05) is 24.6 Å². The number of carboxylic acids is 1. The van der Waals surface area contributed by atoms with Crippen LogP contribution in [-0.4, -0.2) is 50.1 Å². The molecule has 0 aromatic heterocycles. The number of aliphatic carboxylic acids is 1. The quantitative estimate of drug-likeness (QED) is 0.815. The van der Waals surface area contributed by atoms with Gasteiger partial charge >= 0.3 is 5.97 Å². The van der Waals surface area contributed by atoms with E-state index in [0.717, 1.165) is 0 Å². The molecular weight excluding hydrogens is 320 g/mol. The van der Waals surface area contributed by atoms with E-state index in [0.29, 0.717) is 0 Å². The Bertz CT molecular complexity index is 658. The Labute approximate surface area is 127 Å². The normalized spacial score (nSPS) is 11.0. The monoisotopic (exact) mass is 334 g/mol. The second-order valence-corrected chi connectivity index (χ2v) is 6.71. The summed E-state index contributed by atoms with van der Waals surface area (Å²) in [4.78, 5) is 23.6. The van der Waals surface area contributed by atoms with Crippen molar-refractivity contribution < 1.29 is 23.1 Å². The molecule has 0 heterocycles. The molecule has 7 nitrogen and oxygen atoms in total. The van der Waals surface area contributed by atoms with Crippen molar-refractivity contribution in [3.8, 4) is 0 Å². The standard InChI is InChI=1S/C12H15ClN2O5S/c1-15(2)12(18)9-7-8(3-4-10(9)13)14-21(19,20)6-5-11(16)17/h3-4,7,14H,5-6H2,1-2H3,(H,16,17). The van der Waals surface area contributed by atoms with Crippen LogP contribution >= 0.6 is 11.6 Å². The molecule has 0 saturated carbocycles. The summed E-state index contributed by atoms with van der Waals surface area (Å²) < 4.78 is 25.6. The Morgan fingerprint density at radius 3 is 2.48 bits per heavy atom. The number of hydrogen-bond donors (Lipinski definition) is 2. The topological polar surface area (TPSA) is 104 Å². The first-order valence-corrected chi connectivity index (χ1v) is 7.89. The first-order valence-electron chi connectivity index (χ1n) is 5.86. The number of halogens is 1. The van der Waals surface area contributed by atoms with Gasteiger partial charge in [-0.25, -0.2) is 8.42 Å². The lowest BCUT2D eigenvalue weighted by Gasteiger charge is -2.13. The molecule has 0 aliphatic heterocycles. The summed E-state index contributed by atoms with van der Waals surface area (Å²) in [7, 11) is -0.716. The average molecular weight is 335 g/mol. The van der Waals surface area contributed by atoms with Gasteiger partial charge in [-0.1, -0.05) is 11.6 Å². The Morgan fingerprint density at radius 1 is 1.33 bits per heavy atom. The molecule has 116 valence electrons. The molecule has 0 spiro atoms. The Morgan fingerprint density at radius 2 is 1.95 bits per heavy atom. The van der Waals surface area contributed by atoms with Crippen molar-refractivity contribution in [1.82, 2.24) is 4.90 Å². The highest BCUT2D eigenvalue weighted by Crippen LogP contribution is 2.22. The van der Waals surface area contributed by atoms with E-state index in [1.165, 1.54) is 23.1 Å². The molecule has 0 atom stereocenters. The van der Waals surface area contributed by atoms with E-state index in [1.807, 2.05) is 0 Å². The van der Waals surface area contributed by atoms with E-state index >= 15 is 0 Å². The molecule has 1 aromatic rings. The number of benzene rings is 1. The lowest BCUT2D eigenvalue weighted by Crippen LogP contribution is -2.23. The summed E-state index contributed by atoms with van der Waals surface area (Å²) in [6.45, 7) is 0. The predicted octanol–water partition coefficient (Wildman–Crippen LogP) is 1.26. The molecule has 9 heteroatoms. The van der Waals surface area contributed by atoms with Gasteiger partial charge < -0.3 is 10.0 Å². The molecule has 1 aromatic carbocycles. The van der Waals surface area contributed by atoms with Gasteiger partial charge in [-0.2, -0.15) is 0 Å². The summed E-state index contributed by atoms with van der Waals surface area (Å²) in [5.74, 6) is -2.13. The highest BCUT2D eigenvalue weighted by Gasteiger charge is 2.16. The number of nitrogens with one attached hydrogen (secondary N) is 1. The van der Waals surface area contributed by atoms with Gasteiger partial charge in [0, 0.05) is 19.8 Å². The number of rotatable bonds is 6. The summed E-state index contributed by atoms with van der Waals surface area (Å²) in [5.41, 5.74) is 0.301. The van der Waals surface area contributed by atoms with Crippen LogP contribution < -0.4 is 4.72 Å². The number of sulfonamides is 1. The van der Waals surface area contributed by atoms with Crippen LogP contribution in [0.1, 0.15) is 16.8 Å². The van der Waals surface area contributed by atoms with Crippen LogP contribution in [0, 0.1) is 0 Å². The van der Waals surface area contributed by atoms with E-state index in [9.17, 15) is 18.0 Å². The predicted molar refractivity (Wildman–Crippen MR) is 79.1 cm³/mol. The van der Waals surface area contributed by atoms with E-state index in [2.05, 4.69) is 4.72 Å². The SMILES string of the molecule is CN(C)C(=O)c1cc(NS(=O)(=O)CCC(=O)O)ccc1Cl. The highest BCUT2D eigenvalue weighted by atomic mass is 35.5. The zero-order valence-corrected chi connectivity index (χ0v) is 13.0. The van der Waals surface area contributed by atoms with Crippen molar-refractivity contribution in [3.63, 3.8) is 0 Å². The van der Waals surface area contributed by atoms with E-state index in [-0.39, 0.29) is 22.2 Å². The maximum Gasteiger partial charge on any atom is 0.304 e. The van der Waals surface area contributed by atoms with Crippen molar-refractivity contribution >= 4 is 39.2 Å². The number of amides is 1. The maximum absolute atomic E-state index is 11.9. The maximum atomic E-state index is 11.9. The van der Waals surface area contributed by atoms with Gasteiger partial charge in [0.2, 0.25) is 10.0 Å². The second-order valence-electron chi connectivity index (χ2n) is 4.46. The van der Waals surface area contributed by atoms with Crippen molar-refractivity contribution in [2.24, 2.45) is 0 Å². The van der Waals surface area contributed by atoms with Crippen LogP contribution in [0.5, 0.6) is 0 Å². The molecule has 1 amide bonds. The molecular formula is C12H15ClN2O5S. The molecule has 1 rings (SSSR count). The lowest BCUT2D eigenvalue weighted by molar-refractivity contribution is -0.136. The van der Waals surface area contributed by atoms with Crippen LogP contribution in [-0.2, 0) is 14.8 Å². The van der Waals surface area contributed by atoms with Gasteiger partial charge in [-0.15, -0.1) is 0 Å². The number of anilines is 1. The highest BCUT2D eigenvalue weighted by molar-refractivity contribution is 7.92. The fourth-order valence-electron chi connectivity index (χ4n) is 1.45. The molecule has 2 N–H and O–H groups in total. The number of carboxylic acid groups (broad SMARTS) is 1. The third kappa shape index (κ3) is 5.24. The van der Waals surface area contributed by atoms with Crippen LogP contribution in [0.4, 0.5) is 5.69 Å². The lowest BCUT2D eigenvalue weighted by atomic mass is 10.2. The Kier molecular flexibility index (Phi) is 5.56. The molecule has 21 heavy (non-hydrogen) atoms. The van der Waals surface area contributed by atoms with E-state index in [1.54, 1.807) is 14.1 Å². The number of hydrogen-bond acceptors (Lipinski definition) is 4. The van der Waals surface area contributed by atoms with Crippen molar-refractivity contribution in [3.05, 3.63) is 28.8 Å². The molecule has 0 unspecified atom stereocenters. The fraction of sp³-hybridized carbons (Fsp3) is 0.333. The largest absolute Gasteiger partial charge is 0.481 e. The summed E-state index contributed by atoms with van der Waals surface area (Å²) >= 11 is 5.91. The van der Waals surface area contributed by atoms with Gasteiger partial charge in [0.05, 0.1) is 22.8 Å². The molecule has 0 aliphatic carbocycles. The van der Waals surface area contributed by atoms with Crippen LogP contribution in [0.3, 0.4) is 0 Å². The molecule has 0 aliphatic rings. The van der Waals surface area contributed by atoms with Gasteiger partial charge in [0.15, 0.2) is 0 Å². The van der Waals surface area contributed by atoms with Crippen molar-refractivity contribution in [1.29, 1.82) is 0 Å². The van der Waals surface area contributed by atoms with E-state index in [4.69, 9.17) is 16.7 Å². The number of carbonyl (C=O) groups is 2.